The van der Waals surface area contributed by atoms with Gasteiger partial charge in [-0.15, -0.1) is 0 Å². The quantitative estimate of drug-likeness (QED) is 0.786. The molecular formula is C14H18N6O2. The largest absolute Gasteiger partial charge is 0.481 e. The third kappa shape index (κ3) is 3.16. The lowest BCUT2D eigenvalue weighted by Gasteiger charge is -2.31. The van der Waals surface area contributed by atoms with Gasteiger partial charge in [0.2, 0.25) is 5.95 Å². The topological polar surface area (TPSA) is 107 Å². The lowest BCUT2D eigenvalue weighted by Crippen LogP contribution is -2.39. The Hall–Kier alpha value is -2.64. The van der Waals surface area contributed by atoms with Crippen molar-refractivity contribution in [2.75, 3.05) is 23.3 Å². The molecule has 0 radical (unpaired) electrons. The Kier molecular flexibility index (Phi) is 3.90. The van der Waals surface area contributed by atoms with Crippen molar-refractivity contribution in [3.63, 3.8) is 0 Å². The van der Waals surface area contributed by atoms with E-state index >= 15 is 0 Å². The van der Waals surface area contributed by atoms with Gasteiger partial charge in [0.1, 0.15) is 5.82 Å². The van der Waals surface area contributed by atoms with Crippen LogP contribution < -0.4 is 10.2 Å². The fraction of sp³-hybridized carbons (Fsp3) is 0.429. The molecule has 116 valence electrons. The molecule has 0 aromatic carbocycles. The number of aromatic nitrogens is 4. The average molecular weight is 302 g/mol. The number of aromatic amines is 1. The van der Waals surface area contributed by atoms with Gasteiger partial charge in [-0.3, -0.25) is 9.89 Å². The number of nitrogens with zero attached hydrogens (tertiary/aromatic N) is 4. The molecule has 8 heteroatoms. The van der Waals surface area contributed by atoms with Crippen LogP contribution >= 0.6 is 0 Å². The number of anilines is 3. The molecule has 0 bridgehead atoms. The fourth-order valence-corrected chi connectivity index (χ4v) is 2.58. The van der Waals surface area contributed by atoms with E-state index in [2.05, 4.69) is 25.5 Å². The van der Waals surface area contributed by atoms with Crippen molar-refractivity contribution >= 4 is 23.6 Å². The van der Waals surface area contributed by atoms with Crippen molar-refractivity contribution in [1.82, 2.24) is 20.2 Å². The lowest BCUT2D eigenvalue weighted by molar-refractivity contribution is -0.141. The van der Waals surface area contributed by atoms with Gasteiger partial charge in [-0.25, -0.2) is 4.98 Å². The summed E-state index contributed by atoms with van der Waals surface area (Å²) in [6, 6.07) is 3.63. The second-order valence-corrected chi connectivity index (χ2v) is 5.40. The zero-order valence-electron chi connectivity index (χ0n) is 12.3. The summed E-state index contributed by atoms with van der Waals surface area (Å²) in [6.07, 6.45) is 3.26. The molecule has 0 saturated carbocycles. The number of nitrogens with one attached hydrogen (secondary N) is 2. The summed E-state index contributed by atoms with van der Waals surface area (Å²) in [6.45, 7) is 3.11. The summed E-state index contributed by atoms with van der Waals surface area (Å²) in [7, 11) is 0. The molecule has 0 amide bonds. The first kappa shape index (κ1) is 14.3. The Bertz CT molecular complexity index is 657. The SMILES string of the molecule is Cc1cc(Nc2cc[nH]n2)nc(N2CCC[C@@H](C(=O)O)C2)n1. The van der Waals surface area contributed by atoms with Crippen LogP contribution in [0.2, 0.25) is 0 Å². The van der Waals surface area contributed by atoms with E-state index in [9.17, 15) is 9.90 Å². The summed E-state index contributed by atoms with van der Waals surface area (Å²) in [5.41, 5.74) is 0.820. The van der Waals surface area contributed by atoms with Crippen molar-refractivity contribution in [2.24, 2.45) is 5.92 Å². The standard InChI is InChI=1S/C14H18N6O2/c1-9-7-12(17-11-4-5-15-19-11)18-14(16-9)20-6-2-3-10(8-20)13(21)22/h4-5,7,10H,2-3,6,8H2,1H3,(H,21,22)(H2,15,16,17,18,19)/t10-/m1/s1. The molecular weight excluding hydrogens is 284 g/mol. The van der Waals surface area contributed by atoms with Crippen LogP contribution in [-0.4, -0.2) is 44.3 Å². The third-order valence-electron chi connectivity index (χ3n) is 3.65. The number of carbonyl (C=O) groups is 1. The number of H-pyrrole nitrogens is 1. The Morgan fingerprint density at radius 2 is 2.32 bits per heavy atom. The van der Waals surface area contributed by atoms with E-state index in [1.165, 1.54) is 0 Å². The molecule has 22 heavy (non-hydrogen) atoms. The summed E-state index contributed by atoms with van der Waals surface area (Å²) in [5, 5.41) is 19.1. The van der Waals surface area contributed by atoms with Crippen LogP contribution in [0.15, 0.2) is 18.3 Å². The molecule has 0 spiro atoms. The summed E-state index contributed by atoms with van der Waals surface area (Å²) >= 11 is 0. The van der Waals surface area contributed by atoms with Crippen molar-refractivity contribution in [2.45, 2.75) is 19.8 Å². The van der Waals surface area contributed by atoms with E-state index < -0.39 is 5.97 Å². The van der Waals surface area contributed by atoms with Crippen LogP contribution in [0.25, 0.3) is 0 Å². The minimum Gasteiger partial charge on any atom is -0.481 e. The van der Waals surface area contributed by atoms with Gasteiger partial charge in [0, 0.05) is 37.1 Å². The van der Waals surface area contributed by atoms with Crippen molar-refractivity contribution < 1.29 is 9.90 Å². The number of rotatable bonds is 4. The molecule has 1 fully saturated rings. The molecule has 1 aliphatic rings. The van der Waals surface area contributed by atoms with Gasteiger partial charge in [0.25, 0.3) is 0 Å². The molecule has 2 aromatic heterocycles. The smallest absolute Gasteiger partial charge is 0.308 e. The number of hydrogen-bond acceptors (Lipinski definition) is 6. The van der Waals surface area contributed by atoms with Crippen LogP contribution in [-0.2, 0) is 4.79 Å². The first-order chi connectivity index (χ1) is 10.6. The average Bonchev–Trinajstić information content (AvgIpc) is 2.99. The third-order valence-corrected chi connectivity index (χ3v) is 3.65. The molecule has 3 rings (SSSR count). The number of piperidine rings is 1. The molecule has 2 aromatic rings. The number of aliphatic carboxylic acids is 1. The molecule has 3 N–H and O–H groups in total. The maximum Gasteiger partial charge on any atom is 0.308 e. The highest BCUT2D eigenvalue weighted by Gasteiger charge is 2.27. The Morgan fingerprint density at radius 3 is 3.05 bits per heavy atom. The van der Waals surface area contributed by atoms with Crippen LogP contribution in [0.4, 0.5) is 17.6 Å². The van der Waals surface area contributed by atoms with E-state index in [1.54, 1.807) is 12.3 Å². The molecule has 1 saturated heterocycles. The predicted octanol–water partition coefficient (Wildman–Crippen LogP) is 1.55. The zero-order chi connectivity index (χ0) is 15.5. The van der Waals surface area contributed by atoms with Gasteiger partial charge in [-0.1, -0.05) is 0 Å². The van der Waals surface area contributed by atoms with Crippen LogP contribution in [0.1, 0.15) is 18.5 Å². The fourth-order valence-electron chi connectivity index (χ4n) is 2.58. The minimum atomic E-state index is -0.757. The lowest BCUT2D eigenvalue weighted by atomic mass is 9.99. The second-order valence-electron chi connectivity index (χ2n) is 5.40. The molecule has 8 nitrogen and oxygen atoms in total. The van der Waals surface area contributed by atoms with Gasteiger partial charge in [0.05, 0.1) is 5.92 Å². The number of aryl methyl sites for hydroxylation is 1. The molecule has 0 unspecified atom stereocenters. The van der Waals surface area contributed by atoms with Crippen LogP contribution in [0.3, 0.4) is 0 Å². The van der Waals surface area contributed by atoms with E-state index in [1.807, 2.05) is 17.9 Å². The first-order valence-corrected chi connectivity index (χ1v) is 7.22. The Labute approximate surface area is 127 Å². The van der Waals surface area contributed by atoms with Gasteiger partial charge < -0.3 is 15.3 Å². The predicted molar refractivity (Wildman–Crippen MR) is 81.2 cm³/mol. The number of carboxylic acid groups (broad SMARTS) is 1. The van der Waals surface area contributed by atoms with Gasteiger partial charge in [-0.05, 0) is 19.8 Å². The number of carboxylic acids is 1. The van der Waals surface area contributed by atoms with Crippen LogP contribution in [0.5, 0.6) is 0 Å². The maximum atomic E-state index is 11.2. The monoisotopic (exact) mass is 302 g/mol. The van der Waals surface area contributed by atoms with Gasteiger partial charge in [0.15, 0.2) is 5.82 Å². The molecule has 1 atom stereocenters. The summed E-state index contributed by atoms with van der Waals surface area (Å²) < 4.78 is 0. The Balaban J connectivity index is 1.81. The second kappa shape index (κ2) is 6.00. The molecule has 0 aliphatic carbocycles. The normalized spacial score (nSPS) is 18.2. The summed E-state index contributed by atoms with van der Waals surface area (Å²) in [4.78, 5) is 22.0. The first-order valence-electron chi connectivity index (χ1n) is 7.22. The van der Waals surface area contributed by atoms with Crippen molar-refractivity contribution in [3.8, 4) is 0 Å². The van der Waals surface area contributed by atoms with Gasteiger partial charge in [-0.2, -0.15) is 10.1 Å². The van der Waals surface area contributed by atoms with E-state index in [-0.39, 0.29) is 5.92 Å². The Morgan fingerprint density at radius 1 is 1.45 bits per heavy atom. The highest BCUT2D eigenvalue weighted by molar-refractivity contribution is 5.71. The van der Waals surface area contributed by atoms with Crippen LogP contribution in [0, 0.1) is 12.8 Å². The van der Waals surface area contributed by atoms with E-state index in [0.717, 1.165) is 18.7 Å². The molecule has 1 aliphatic heterocycles. The maximum absolute atomic E-state index is 11.2. The molecule has 3 heterocycles. The number of hydrogen-bond donors (Lipinski definition) is 3. The van der Waals surface area contributed by atoms with E-state index in [0.29, 0.717) is 30.5 Å². The highest BCUT2D eigenvalue weighted by atomic mass is 16.4. The highest BCUT2D eigenvalue weighted by Crippen LogP contribution is 2.23. The van der Waals surface area contributed by atoms with Crippen molar-refractivity contribution in [1.29, 1.82) is 0 Å². The zero-order valence-corrected chi connectivity index (χ0v) is 12.3. The van der Waals surface area contributed by atoms with Gasteiger partial charge >= 0.3 is 5.97 Å². The summed E-state index contributed by atoms with van der Waals surface area (Å²) in [5.74, 6) is 0.759. The van der Waals surface area contributed by atoms with E-state index in [4.69, 9.17) is 0 Å². The minimum absolute atomic E-state index is 0.361. The van der Waals surface area contributed by atoms with Crippen molar-refractivity contribution in [3.05, 3.63) is 24.0 Å².